The lowest BCUT2D eigenvalue weighted by molar-refractivity contribution is 0.474. The lowest BCUT2D eigenvalue weighted by Crippen LogP contribution is -2.23. The van der Waals surface area contributed by atoms with Gasteiger partial charge in [0.2, 0.25) is 0 Å². The molecule has 192 valence electrons. The summed E-state index contributed by atoms with van der Waals surface area (Å²) in [5.41, 5.74) is 9.21. The third-order valence-corrected chi connectivity index (χ3v) is 7.55. The summed E-state index contributed by atoms with van der Waals surface area (Å²) in [6.45, 7) is 14.8. The van der Waals surface area contributed by atoms with Crippen LogP contribution < -0.4 is 5.32 Å². The predicted octanol–water partition coefficient (Wildman–Crippen LogP) is 8.85. The van der Waals surface area contributed by atoms with Crippen LogP contribution in [0.3, 0.4) is 0 Å². The van der Waals surface area contributed by atoms with Crippen LogP contribution in [0.1, 0.15) is 40.2 Å². The number of hydrogen-bond donors (Lipinski definition) is 3. The third-order valence-electron chi connectivity index (χ3n) is 6.67. The second-order valence-corrected chi connectivity index (χ2v) is 11.2. The Balaban J connectivity index is 1.54. The minimum atomic E-state index is 0.00994. The van der Waals surface area contributed by atoms with E-state index in [0.29, 0.717) is 0 Å². The van der Waals surface area contributed by atoms with E-state index in [2.05, 4.69) is 127 Å². The fraction of sp³-hybridized carbons (Fsp3) is 0.188. The smallest absolute Gasteiger partial charge is 0.116 e. The molecule has 0 amide bonds. The van der Waals surface area contributed by atoms with Crippen molar-refractivity contribution in [1.82, 2.24) is 25.5 Å². The van der Waals surface area contributed by atoms with Crippen molar-refractivity contribution in [2.24, 2.45) is 5.41 Å². The van der Waals surface area contributed by atoms with E-state index in [4.69, 9.17) is 0 Å². The van der Waals surface area contributed by atoms with E-state index < -0.39 is 0 Å². The highest BCUT2D eigenvalue weighted by Gasteiger charge is 2.18. The molecule has 0 bridgehead atoms. The molecule has 1 aromatic carbocycles. The number of benzene rings is 1. The number of nitrogens with one attached hydrogen (secondary N) is 3. The Bertz CT molecular complexity index is 1700. The van der Waals surface area contributed by atoms with Crippen LogP contribution in [0.25, 0.3) is 49.3 Å². The van der Waals surface area contributed by atoms with Crippen molar-refractivity contribution in [3.63, 3.8) is 0 Å². The molecule has 6 heteroatoms. The van der Waals surface area contributed by atoms with Gasteiger partial charge >= 0.3 is 0 Å². The molecule has 0 fully saturated rings. The average Bonchev–Trinajstić information content (AvgIpc) is 3.67. The molecule has 0 saturated carbocycles. The predicted molar refractivity (Wildman–Crippen MR) is 163 cm³/mol. The van der Waals surface area contributed by atoms with Gasteiger partial charge in [-0.25, -0.2) is 0 Å². The van der Waals surface area contributed by atoms with Gasteiger partial charge < -0.3 is 10.3 Å². The molecule has 4 aromatic heterocycles. The monoisotopic (exact) mass is 519 g/mol. The Hall–Kier alpha value is -4.16. The Labute approximate surface area is 227 Å². The maximum atomic E-state index is 4.69. The van der Waals surface area contributed by atoms with Gasteiger partial charge in [-0.2, -0.15) is 5.10 Å². The molecular weight excluding hydrogens is 486 g/mol. The highest BCUT2D eigenvalue weighted by Crippen LogP contribution is 2.35. The van der Waals surface area contributed by atoms with Crippen molar-refractivity contribution in [3.05, 3.63) is 102 Å². The Morgan fingerprint density at radius 2 is 1.82 bits per heavy atom. The average molecular weight is 520 g/mol. The van der Waals surface area contributed by atoms with Gasteiger partial charge in [0, 0.05) is 39.3 Å². The molecule has 0 aliphatic heterocycles. The van der Waals surface area contributed by atoms with E-state index in [1.807, 2.05) is 18.3 Å². The van der Waals surface area contributed by atoms with Crippen LogP contribution in [0.4, 0.5) is 0 Å². The van der Waals surface area contributed by atoms with Crippen LogP contribution in [-0.2, 0) is 0 Å². The molecule has 0 radical (unpaired) electrons. The zero-order chi connectivity index (χ0) is 26.9. The molecule has 0 saturated heterocycles. The molecule has 5 aromatic rings. The van der Waals surface area contributed by atoms with Gasteiger partial charge in [-0.05, 0) is 72.8 Å². The second kappa shape index (κ2) is 10.3. The maximum Gasteiger partial charge on any atom is 0.116 e. The standard InChI is InChI=1S/C32H33N5S/c1-7-20(17-22(8-2)34-29(9-3)32(4,5)6)21-12-13-26-23(18-21)30(37-36-26)27-19-24-25(35-27)14-15-33-31(24)28-11-10-16-38-28/h7-19,34-35H,2H2,1,3-6H3,(H,36,37)/b20-7+,22-17+,29-9-. The second-order valence-electron chi connectivity index (χ2n) is 10.2. The van der Waals surface area contributed by atoms with Crippen LogP contribution in [0.15, 0.2) is 96.3 Å². The number of rotatable bonds is 7. The Morgan fingerprint density at radius 3 is 2.50 bits per heavy atom. The molecule has 4 heterocycles. The number of H-pyrrole nitrogens is 2. The summed E-state index contributed by atoms with van der Waals surface area (Å²) < 4.78 is 0. The summed E-state index contributed by atoms with van der Waals surface area (Å²) in [7, 11) is 0. The number of thiophene rings is 1. The summed E-state index contributed by atoms with van der Waals surface area (Å²) in [4.78, 5) is 9.38. The number of allylic oxidation sites excluding steroid dienone is 6. The van der Waals surface area contributed by atoms with Gasteiger partial charge in [0.05, 0.1) is 21.8 Å². The summed E-state index contributed by atoms with van der Waals surface area (Å²) in [6.07, 6.45) is 10.1. The van der Waals surface area contributed by atoms with Crippen LogP contribution in [-0.4, -0.2) is 20.2 Å². The summed E-state index contributed by atoms with van der Waals surface area (Å²) >= 11 is 1.69. The first-order valence-electron chi connectivity index (χ1n) is 12.8. The molecule has 3 N–H and O–H groups in total. The lowest BCUT2D eigenvalue weighted by Gasteiger charge is -2.25. The highest BCUT2D eigenvalue weighted by molar-refractivity contribution is 7.13. The van der Waals surface area contributed by atoms with Gasteiger partial charge in [-0.1, -0.05) is 51.6 Å². The summed E-state index contributed by atoms with van der Waals surface area (Å²) in [5, 5.41) is 15.7. The van der Waals surface area contributed by atoms with Crippen molar-refractivity contribution >= 4 is 38.7 Å². The zero-order valence-corrected chi connectivity index (χ0v) is 23.3. The van der Waals surface area contributed by atoms with Crippen LogP contribution >= 0.6 is 11.3 Å². The summed E-state index contributed by atoms with van der Waals surface area (Å²) in [6, 6.07) is 14.7. The molecule has 0 spiro atoms. The van der Waals surface area contributed by atoms with Crippen LogP contribution in [0.2, 0.25) is 0 Å². The maximum absolute atomic E-state index is 4.69. The Morgan fingerprint density at radius 1 is 1.00 bits per heavy atom. The zero-order valence-electron chi connectivity index (χ0n) is 22.5. The highest BCUT2D eigenvalue weighted by atomic mass is 32.1. The first-order valence-corrected chi connectivity index (χ1v) is 13.6. The van der Waals surface area contributed by atoms with Crippen molar-refractivity contribution in [3.8, 4) is 22.0 Å². The van der Waals surface area contributed by atoms with E-state index in [0.717, 1.165) is 66.3 Å². The molecule has 0 aliphatic carbocycles. The van der Waals surface area contributed by atoms with Gasteiger partial charge in [-0.15, -0.1) is 11.3 Å². The van der Waals surface area contributed by atoms with Crippen molar-refractivity contribution in [2.45, 2.75) is 34.6 Å². The minimum Gasteiger partial charge on any atom is -0.359 e. The fourth-order valence-electron chi connectivity index (χ4n) is 4.69. The first-order chi connectivity index (χ1) is 18.3. The molecule has 38 heavy (non-hydrogen) atoms. The van der Waals surface area contributed by atoms with E-state index in [-0.39, 0.29) is 5.41 Å². The van der Waals surface area contributed by atoms with Gasteiger partial charge in [0.1, 0.15) is 5.69 Å². The topological polar surface area (TPSA) is 69.4 Å². The van der Waals surface area contributed by atoms with Gasteiger partial charge in [0.25, 0.3) is 0 Å². The minimum absolute atomic E-state index is 0.00994. The van der Waals surface area contributed by atoms with Crippen molar-refractivity contribution < 1.29 is 0 Å². The van der Waals surface area contributed by atoms with Gasteiger partial charge in [0.15, 0.2) is 0 Å². The number of nitrogens with zero attached hydrogens (tertiary/aromatic N) is 2. The summed E-state index contributed by atoms with van der Waals surface area (Å²) in [5.74, 6) is 0. The van der Waals surface area contributed by atoms with Crippen LogP contribution in [0.5, 0.6) is 0 Å². The van der Waals surface area contributed by atoms with E-state index in [1.165, 1.54) is 0 Å². The largest absolute Gasteiger partial charge is 0.359 e. The number of hydrogen-bond acceptors (Lipinski definition) is 4. The van der Waals surface area contributed by atoms with E-state index in [9.17, 15) is 0 Å². The SMILES string of the molecule is C=C/C(=C\C(=C/C)c1ccc2[nH]nc(-c3cc4c(-c5cccs5)nccc4[nH]3)c2c1)N/C(=C\C)C(C)(C)C. The van der Waals surface area contributed by atoms with Crippen LogP contribution in [0, 0.1) is 5.41 Å². The molecule has 0 atom stereocenters. The van der Waals surface area contributed by atoms with Crippen molar-refractivity contribution in [1.29, 1.82) is 0 Å². The Kier molecular flexibility index (Phi) is 6.91. The molecule has 0 unspecified atom stereocenters. The molecule has 5 nitrogen and oxygen atoms in total. The van der Waals surface area contributed by atoms with E-state index >= 15 is 0 Å². The quantitative estimate of drug-likeness (QED) is 0.188. The number of fused-ring (bicyclic) bond motifs is 2. The molecule has 0 aliphatic rings. The number of aromatic amines is 2. The normalized spacial score (nSPS) is 13.4. The van der Waals surface area contributed by atoms with Gasteiger partial charge in [-0.3, -0.25) is 10.1 Å². The number of aromatic nitrogens is 4. The molecular formula is C32H33N5S. The van der Waals surface area contributed by atoms with E-state index in [1.54, 1.807) is 11.3 Å². The fourth-order valence-corrected chi connectivity index (χ4v) is 5.42. The van der Waals surface area contributed by atoms with Crippen molar-refractivity contribution in [2.75, 3.05) is 0 Å². The lowest BCUT2D eigenvalue weighted by atomic mass is 9.91. The first kappa shape index (κ1) is 25.5. The molecule has 5 rings (SSSR count). The third kappa shape index (κ3) is 4.87. The number of pyridine rings is 1.